The van der Waals surface area contributed by atoms with Crippen molar-refractivity contribution >= 4 is 59.1 Å². The van der Waals surface area contributed by atoms with Crippen molar-refractivity contribution in [3.63, 3.8) is 0 Å². The number of rotatable bonds is 10. The monoisotopic (exact) mass is 551 g/mol. The number of aliphatic hydroxyl groups is 1. The van der Waals surface area contributed by atoms with Crippen LogP contribution in [0, 0.1) is 0 Å². The summed E-state index contributed by atoms with van der Waals surface area (Å²) in [5, 5.41) is 32.6. The van der Waals surface area contributed by atoms with Gasteiger partial charge >= 0.3 is 5.97 Å². The number of aldehydes is 1. The van der Waals surface area contributed by atoms with E-state index < -0.39 is 79.7 Å². The predicted octanol–water partition coefficient (Wildman–Crippen LogP) is -2.77. The second-order valence-corrected chi connectivity index (χ2v) is 8.03. The van der Waals surface area contributed by atoms with Gasteiger partial charge < -0.3 is 41.0 Å². The van der Waals surface area contributed by atoms with Crippen LogP contribution < -0.4 is 25.8 Å². The van der Waals surface area contributed by atoms with Crippen LogP contribution in [0.4, 0.5) is 11.4 Å². The SMILES string of the molecule is CC(=O)NCC(=O)N[C@H]1CN(C(=O)CO)c2ccccc2N(CC(=O)N[C@H](C=O)CC(=O)O)C1=O.CC(=O)O. The smallest absolute Gasteiger partial charge is 0.305 e. The van der Waals surface area contributed by atoms with Crippen molar-refractivity contribution in [3.8, 4) is 0 Å². The van der Waals surface area contributed by atoms with E-state index in [0.29, 0.717) is 0 Å². The first-order valence-corrected chi connectivity index (χ1v) is 11.3. The molecule has 0 aliphatic carbocycles. The highest BCUT2D eigenvalue weighted by molar-refractivity contribution is 6.10. The Bertz CT molecular complexity index is 1120. The summed E-state index contributed by atoms with van der Waals surface area (Å²) in [7, 11) is 0. The fourth-order valence-corrected chi connectivity index (χ4v) is 3.35. The number of carboxylic acids is 2. The molecule has 0 radical (unpaired) electrons. The van der Waals surface area contributed by atoms with Crippen LogP contribution in [0.25, 0.3) is 0 Å². The van der Waals surface area contributed by atoms with Gasteiger partial charge in [-0.15, -0.1) is 0 Å². The van der Waals surface area contributed by atoms with Crippen molar-refractivity contribution in [1.29, 1.82) is 0 Å². The molecule has 16 nitrogen and oxygen atoms in total. The summed E-state index contributed by atoms with van der Waals surface area (Å²) in [5.41, 5.74) is 0.276. The average molecular weight is 552 g/mol. The number of benzene rings is 1. The molecule has 2 atom stereocenters. The van der Waals surface area contributed by atoms with Gasteiger partial charge in [-0.25, -0.2) is 0 Å². The zero-order chi connectivity index (χ0) is 29.7. The lowest BCUT2D eigenvalue weighted by molar-refractivity contribution is -0.139. The molecule has 0 bridgehead atoms. The highest BCUT2D eigenvalue weighted by Crippen LogP contribution is 2.32. The molecule has 0 saturated carbocycles. The molecule has 212 valence electrons. The number of nitrogens with one attached hydrogen (secondary N) is 3. The van der Waals surface area contributed by atoms with Crippen LogP contribution in [0.5, 0.6) is 0 Å². The summed E-state index contributed by atoms with van der Waals surface area (Å²) in [5.74, 6) is -5.82. The second-order valence-electron chi connectivity index (χ2n) is 8.03. The van der Waals surface area contributed by atoms with E-state index >= 15 is 0 Å². The van der Waals surface area contributed by atoms with Crippen molar-refractivity contribution in [2.45, 2.75) is 32.4 Å². The molecule has 2 rings (SSSR count). The molecule has 0 spiro atoms. The van der Waals surface area contributed by atoms with Gasteiger partial charge in [0.1, 0.15) is 25.5 Å². The summed E-state index contributed by atoms with van der Waals surface area (Å²) in [6.45, 7) is -0.115. The highest BCUT2D eigenvalue weighted by Gasteiger charge is 2.37. The van der Waals surface area contributed by atoms with E-state index in [4.69, 9.17) is 15.0 Å². The number of hydrogen-bond acceptors (Lipinski definition) is 9. The van der Waals surface area contributed by atoms with E-state index in [-0.39, 0.29) is 24.2 Å². The van der Waals surface area contributed by atoms with Crippen molar-refractivity contribution in [2.75, 3.05) is 36.0 Å². The Labute approximate surface area is 221 Å². The Hall–Kier alpha value is -4.86. The molecule has 0 unspecified atom stereocenters. The Morgan fingerprint density at radius 2 is 1.64 bits per heavy atom. The van der Waals surface area contributed by atoms with Gasteiger partial charge in [0.05, 0.1) is 36.9 Å². The molecule has 1 aromatic rings. The van der Waals surface area contributed by atoms with Crippen LogP contribution in [-0.2, 0) is 38.4 Å². The molecule has 0 aromatic heterocycles. The molecule has 1 heterocycles. The Kier molecular flexibility index (Phi) is 12.7. The van der Waals surface area contributed by atoms with E-state index in [9.17, 15) is 38.7 Å². The minimum absolute atomic E-state index is 0.106. The molecular formula is C23H29N5O11. The quantitative estimate of drug-likeness (QED) is 0.163. The number of carbonyl (C=O) groups excluding carboxylic acids is 6. The van der Waals surface area contributed by atoms with Gasteiger partial charge in [-0.2, -0.15) is 0 Å². The molecule has 0 fully saturated rings. The van der Waals surface area contributed by atoms with Crippen molar-refractivity contribution < 1.29 is 53.7 Å². The van der Waals surface area contributed by atoms with Crippen molar-refractivity contribution in [1.82, 2.24) is 16.0 Å². The number of amides is 5. The molecule has 16 heteroatoms. The molecule has 5 amide bonds. The predicted molar refractivity (Wildman–Crippen MR) is 132 cm³/mol. The number of aliphatic hydroxyl groups excluding tert-OH is 1. The lowest BCUT2D eigenvalue weighted by Crippen LogP contribution is -2.56. The number of hydrogen-bond donors (Lipinski definition) is 6. The van der Waals surface area contributed by atoms with Crippen molar-refractivity contribution in [3.05, 3.63) is 24.3 Å². The Morgan fingerprint density at radius 1 is 1.05 bits per heavy atom. The van der Waals surface area contributed by atoms with Gasteiger partial charge in [-0.05, 0) is 12.1 Å². The molecule has 1 aromatic carbocycles. The third-order valence-electron chi connectivity index (χ3n) is 4.87. The van der Waals surface area contributed by atoms with Crippen molar-refractivity contribution in [2.24, 2.45) is 0 Å². The first kappa shape index (κ1) is 32.2. The molecule has 0 saturated heterocycles. The van der Waals surface area contributed by atoms with Gasteiger partial charge in [-0.3, -0.25) is 38.5 Å². The van der Waals surface area contributed by atoms with E-state index in [1.165, 1.54) is 25.1 Å². The van der Waals surface area contributed by atoms with Crippen LogP contribution >= 0.6 is 0 Å². The summed E-state index contributed by atoms with van der Waals surface area (Å²) in [6.07, 6.45) is -0.419. The molecule has 39 heavy (non-hydrogen) atoms. The molecular weight excluding hydrogens is 522 g/mol. The summed E-state index contributed by atoms with van der Waals surface area (Å²) >= 11 is 0. The fraction of sp³-hybridized carbons (Fsp3) is 0.391. The zero-order valence-electron chi connectivity index (χ0n) is 21.1. The molecule has 1 aliphatic heterocycles. The first-order valence-electron chi connectivity index (χ1n) is 11.3. The van der Waals surface area contributed by atoms with Gasteiger partial charge in [0.2, 0.25) is 17.7 Å². The summed E-state index contributed by atoms with van der Waals surface area (Å²) in [6, 6.07) is 3.30. The van der Waals surface area contributed by atoms with E-state index in [0.717, 1.165) is 16.7 Å². The maximum atomic E-state index is 13.4. The van der Waals surface area contributed by atoms with E-state index in [1.54, 1.807) is 6.07 Å². The number of fused-ring (bicyclic) bond motifs is 1. The van der Waals surface area contributed by atoms with Gasteiger partial charge in [0.25, 0.3) is 17.8 Å². The lowest BCUT2D eigenvalue weighted by atomic mass is 10.2. The standard InChI is InChI=1S/C21H25N5O9.C2H4O2/c1-12(29)22-7-17(30)24-14-8-25(19(32)11-28)15-4-2-3-5-16(15)26(21(14)35)9-18(31)23-13(10-27)6-20(33)34;1-2(3)4/h2-5,10,13-14,28H,6-9,11H2,1H3,(H,22,29)(H,23,31)(H,24,30)(H,33,34);1H3,(H,3,4)/t13-,14-;/m0./s1. The third kappa shape index (κ3) is 10.6. The number of carbonyl (C=O) groups is 8. The number of nitrogens with zero attached hydrogens (tertiary/aromatic N) is 2. The van der Waals surface area contributed by atoms with E-state index in [2.05, 4.69) is 16.0 Å². The number of carboxylic acid groups (broad SMARTS) is 2. The average Bonchev–Trinajstić information content (AvgIpc) is 2.96. The summed E-state index contributed by atoms with van der Waals surface area (Å²) in [4.78, 5) is 94.8. The van der Waals surface area contributed by atoms with Crippen LogP contribution in [-0.4, -0.2) is 101 Å². The number of aliphatic carboxylic acids is 2. The third-order valence-corrected chi connectivity index (χ3v) is 4.87. The molecule has 6 N–H and O–H groups in total. The van der Waals surface area contributed by atoms with E-state index in [1.807, 2.05) is 0 Å². The maximum Gasteiger partial charge on any atom is 0.305 e. The van der Waals surface area contributed by atoms with Crippen LogP contribution in [0.15, 0.2) is 24.3 Å². The zero-order valence-corrected chi connectivity index (χ0v) is 21.1. The second kappa shape index (κ2) is 15.4. The van der Waals surface area contributed by atoms with Gasteiger partial charge in [0, 0.05) is 13.8 Å². The van der Waals surface area contributed by atoms with Crippen LogP contribution in [0.3, 0.4) is 0 Å². The highest BCUT2D eigenvalue weighted by atomic mass is 16.4. The van der Waals surface area contributed by atoms with Gasteiger partial charge in [0.15, 0.2) is 0 Å². The van der Waals surface area contributed by atoms with Crippen LogP contribution in [0.1, 0.15) is 20.3 Å². The number of anilines is 2. The number of para-hydroxylation sites is 2. The Balaban J connectivity index is 0.00000177. The Morgan fingerprint density at radius 3 is 2.15 bits per heavy atom. The first-order chi connectivity index (χ1) is 18.3. The summed E-state index contributed by atoms with van der Waals surface area (Å²) < 4.78 is 0. The fourth-order valence-electron chi connectivity index (χ4n) is 3.35. The normalized spacial score (nSPS) is 14.8. The van der Waals surface area contributed by atoms with Gasteiger partial charge in [-0.1, -0.05) is 12.1 Å². The largest absolute Gasteiger partial charge is 0.481 e. The topological polar surface area (TPSA) is 240 Å². The lowest BCUT2D eigenvalue weighted by Gasteiger charge is -2.25. The molecule has 1 aliphatic rings. The van der Waals surface area contributed by atoms with Crippen LogP contribution in [0.2, 0.25) is 0 Å². The minimum atomic E-state index is -1.37. The maximum absolute atomic E-state index is 13.4. The minimum Gasteiger partial charge on any atom is -0.481 e.